The van der Waals surface area contributed by atoms with Crippen LogP contribution in [0.25, 0.3) is 0 Å². The summed E-state index contributed by atoms with van der Waals surface area (Å²) in [5.41, 5.74) is 0.273. The second kappa shape index (κ2) is 5.62. The molecule has 90 valence electrons. The van der Waals surface area contributed by atoms with Crippen LogP contribution in [0.15, 0.2) is 18.2 Å². The summed E-state index contributed by atoms with van der Waals surface area (Å²) in [7, 11) is 0. The number of nitrogens with one attached hydrogen (secondary N) is 1. The lowest BCUT2D eigenvalue weighted by Crippen LogP contribution is -2.35. The molecule has 16 heavy (non-hydrogen) atoms. The summed E-state index contributed by atoms with van der Waals surface area (Å²) in [4.78, 5) is 0. The SMILES string of the molecule is CC(C)(O)CNCCc1ccc(F)c(Cl)c1. The summed E-state index contributed by atoms with van der Waals surface area (Å²) in [6.45, 7) is 4.75. The molecule has 0 saturated carbocycles. The Morgan fingerprint density at radius 1 is 1.44 bits per heavy atom. The smallest absolute Gasteiger partial charge is 0.141 e. The van der Waals surface area contributed by atoms with Crippen molar-refractivity contribution in [2.45, 2.75) is 25.9 Å². The number of hydrogen-bond acceptors (Lipinski definition) is 2. The maximum atomic E-state index is 12.9. The predicted octanol–water partition coefficient (Wildman–Crippen LogP) is 2.38. The van der Waals surface area contributed by atoms with Gasteiger partial charge >= 0.3 is 0 Å². The molecule has 4 heteroatoms. The third-order valence-electron chi connectivity index (χ3n) is 2.13. The van der Waals surface area contributed by atoms with Crippen LogP contribution in [-0.2, 0) is 6.42 Å². The van der Waals surface area contributed by atoms with Gasteiger partial charge in [-0.3, -0.25) is 0 Å². The maximum Gasteiger partial charge on any atom is 0.141 e. The first kappa shape index (κ1) is 13.4. The summed E-state index contributed by atoms with van der Waals surface area (Å²) >= 11 is 5.66. The lowest BCUT2D eigenvalue weighted by molar-refractivity contribution is 0.0801. The monoisotopic (exact) mass is 245 g/mol. The summed E-state index contributed by atoms with van der Waals surface area (Å²) in [5.74, 6) is -0.394. The van der Waals surface area contributed by atoms with Gasteiger partial charge in [-0.2, -0.15) is 0 Å². The van der Waals surface area contributed by atoms with Gasteiger partial charge in [-0.1, -0.05) is 17.7 Å². The van der Waals surface area contributed by atoms with Crippen LogP contribution in [0.2, 0.25) is 5.02 Å². The van der Waals surface area contributed by atoms with Crippen molar-refractivity contribution in [1.29, 1.82) is 0 Å². The van der Waals surface area contributed by atoms with E-state index in [1.54, 1.807) is 26.0 Å². The molecule has 0 spiro atoms. The molecule has 1 rings (SSSR count). The Bertz CT molecular complexity index is 349. The van der Waals surface area contributed by atoms with E-state index in [1.807, 2.05) is 0 Å². The number of aliphatic hydroxyl groups is 1. The quantitative estimate of drug-likeness (QED) is 0.781. The van der Waals surface area contributed by atoms with Crippen LogP contribution in [-0.4, -0.2) is 23.8 Å². The highest BCUT2D eigenvalue weighted by atomic mass is 35.5. The summed E-state index contributed by atoms with van der Waals surface area (Å²) in [5, 5.41) is 12.7. The topological polar surface area (TPSA) is 32.3 Å². The average molecular weight is 246 g/mol. The van der Waals surface area contributed by atoms with Crippen molar-refractivity contribution < 1.29 is 9.50 Å². The first-order chi connectivity index (χ1) is 7.38. The number of rotatable bonds is 5. The normalized spacial score (nSPS) is 11.8. The van der Waals surface area contributed by atoms with Crippen LogP contribution in [0.3, 0.4) is 0 Å². The molecule has 0 atom stereocenters. The van der Waals surface area contributed by atoms with Crippen LogP contribution < -0.4 is 5.32 Å². The fraction of sp³-hybridized carbons (Fsp3) is 0.500. The van der Waals surface area contributed by atoms with Crippen molar-refractivity contribution in [1.82, 2.24) is 5.32 Å². The van der Waals surface area contributed by atoms with Gasteiger partial charge < -0.3 is 10.4 Å². The molecule has 0 heterocycles. The zero-order valence-electron chi connectivity index (χ0n) is 9.56. The van der Waals surface area contributed by atoms with E-state index in [-0.39, 0.29) is 5.02 Å². The predicted molar refractivity (Wildman–Crippen MR) is 64.3 cm³/mol. The lowest BCUT2D eigenvalue weighted by Gasteiger charge is -2.17. The fourth-order valence-electron chi connectivity index (χ4n) is 1.32. The molecule has 0 aliphatic carbocycles. The molecule has 0 saturated heterocycles. The first-order valence-electron chi connectivity index (χ1n) is 5.25. The highest BCUT2D eigenvalue weighted by Crippen LogP contribution is 2.16. The van der Waals surface area contributed by atoms with Crippen molar-refractivity contribution >= 4 is 11.6 Å². The molecule has 0 aliphatic rings. The van der Waals surface area contributed by atoms with Gasteiger partial charge in [0.25, 0.3) is 0 Å². The Hall–Kier alpha value is -0.640. The van der Waals surface area contributed by atoms with Gasteiger partial charge in [0.2, 0.25) is 0 Å². The molecule has 2 nitrogen and oxygen atoms in total. The van der Waals surface area contributed by atoms with E-state index >= 15 is 0 Å². The van der Waals surface area contributed by atoms with Crippen LogP contribution in [0.4, 0.5) is 4.39 Å². The third kappa shape index (κ3) is 4.92. The van der Waals surface area contributed by atoms with E-state index in [2.05, 4.69) is 5.32 Å². The van der Waals surface area contributed by atoms with Crippen LogP contribution in [0, 0.1) is 5.82 Å². The molecule has 0 fully saturated rings. The van der Waals surface area contributed by atoms with E-state index in [4.69, 9.17) is 11.6 Å². The molecule has 0 radical (unpaired) electrons. The second-order valence-corrected chi connectivity index (χ2v) is 4.89. The third-order valence-corrected chi connectivity index (χ3v) is 2.42. The summed E-state index contributed by atoms with van der Waals surface area (Å²) < 4.78 is 12.9. The Morgan fingerprint density at radius 3 is 2.69 bits per heavy atom. The minimum absolute atomic E-state index is 0.153. The van der Waals surface area contributed by atoms with Gasteiger partial charge in [-0.15, -0.1) is 0 Å². The highest BCUT2D eigenvalue weighted by Gasteiger charge is 2.10. The zero-order valence-corrected chi connectivity index (χ0v) is 10.3. The molecule has 2 N–H and O–H groups in total. The van der Waals surface area contributed by atoms with E-state index in [1.165, 1.54) is 6.07 Å². The lowest BCUT2D eigenvalue weighted by atomic mass is 10.1. The average Bonchev–Trinajstić information content (AvgIpc) is 2.17. The standard InChI is InChI=1S/C12H17ClFNO/c1-12(2,16)8-15-6-5-9-3-4-11(14)10(13)7-9/h3-4,7,15-16H,5-6,8H2,1-2H3. The first-order valence-corrected chi connectivity index (χ1v) is 5.63. The molecule has 1 aromatic carbocycles. The van der Waals surface area contributed by atoms with Crippen LogP contribution >= 0.6 is 11.6 Å². The fourth-order valence-corrected chi connectivity index (χ4v) is 1.53. The molecule has 0 amide bonds. The van der Waals surface area contributed by atoms with Crippen molar-refractivity contribution in [3.63, 3.8) is 0 Å². The van der Waals surface area contributed by atoms with Gasteiger partial charge in [0.1, 0.15) is 5.82 Å². The van der Waals surface area contributed by atoms with Gasteiger partial charge in [0.15, 0.2) is 0 Å². The van der Waals surface area contributed by atoms with Crippen molar-refractivity contribution in [2.24, 2.45) is 0 Å². The van der Waals surface area contributed by atoms with Gasteiger partial charge in [0, 0.05) is 6.54 Å². The van der Waals surface area contributed by atoms with Crippen molar-refractivity contribution in [3.8, 4) is 0 Å². The van der Waals surface area contributed by atoms with E-state index in [9.17, 15) is 9.50 Å². The molecule has 0 bridgehead atoms. The molecular weight excluding hydrogens is 229 g/mol. The van der Waals surface area contributed by atoms with Crippen molar-refractivity contribution in [2.75, 3.05) is 13.1 Å². The van der Waals surface area contributed by atoms with E-state index < -0.39 is 11.4 Å². The van der Waals surface area contributed by atoms with E-state index in [0.717, 1.165) is 18.5 Å². The molecule has 0 unspecified atom stereocenters. The van der Waals surface area contributed by atoms with Crippen LogP contribution in [0.5, 0.6) is 0 Å². The largest absolute Gasteiger partial charge is 0.389 e. The molecule has 0 aromatic heterocycles. The Labute approximate surface area is 100 Å². The summed E-state index contributed by atoms with van der Waals surface area (Å²) in [6.07, 6.45) is 0.760. The molecule has 1 aromatic rings. The minimum atomic E-state index is -0.708. The Kier molecular flexibility index (Phi) is 4.71. The number of halogens is 2. The van der Waals surface area contributed by atoms with Gasteiger partial charge in [0.05, 0.1) is 10.6 Å². The Morgan fingerprint density at radius 2 is 2.12 bits per heavy atom. The number of hydrogen-bond donors (Lipinski definition) is 2. The minimum Gasteiger partial charge on any atom is -0.389 e. The maximum absolute atomic E-state index is 12.9. The van der Waals surface area contributed by atoms with Crippen LogP contribution in [0.1, 0.15) is 19.4 Å². The van der Waals surface area contributed by atoms with Gasteiger partial charge in [-0.25, -0.2) is 4.39 Å². The highest BCUT2D eigenvalue weighted by molar-refractivity contribution is 6.30. The van der Waals surface area contributed by atoms with Crippen molar-refractivity contribution in [3.05, 3.63) is 34.6 Å². The summed E-state index contributed by atoms with van der Waals surface area (Å²) in [6, 6.07) is 4.71. The number of benzene rings is 1. The molecular formula is C12H17ClFNO. The molecule has 0 aliphatic heterocycles. The Balaban J connectivity index is 2.35. The zero-order chi connectivity index (χ0) is 12.2. The van der Waals surface area contributed by atoms with E-state index in [0.29, 0.717) is 6.54 Å². The van der Waals surface area contributed by atoms with Gasteiger partial charge in [-0.05, 0) is 44.5 Å². The second-order valence-electron chi connectivity index (χ2n) is 4.49.